The predicted molar refractivity (Wildman–Crippen MR) is 71.4 cm³/mol. The van der Waals surface area contributed by atoms with Crippen LogP contribution in [-0.4, -0.2) is 20.8 Å². The van der Waals surface area contributed by atoms with Gasteiger partial charge in [-0.15, -0.1) is 0 Å². The van der Waals surface area contributed by atoms with E-state index >= 15 is 0 Å². The highest BCUT2D eigenvalue weighted by atomic mass is 16.3. The summed E-state index contributed by atoms with van der Waals surface area (Å²) in [5.74, 6) is -0.0549. The van der Waals surface area contributed by atoms with Gasteiger partial charge in [0.05, 0.1) is 17.1 Å². The molecule has 1 fully saturated rings. The summed E-state index contributed by atoms with van der Waals surface area (Å²) in [4.78, 5) is 24.8. The molecule has 0 bridgehead atoms. The van der Waals surface area contributed by atoms with Crippen LogP contribution in [0.1, 0.15) is 19.0 Å². The Morgan fingerprint density at radius 2 is 2.16 bits per heavy atom. The van der Waals surface area contributed by atoms with Crippen molar-refractivity contribution in [1.82, 2.24) is 14.5 Å². The summed E-state index contributed by atoms with van der Waals surface area (Å²) in [6, 6.07) is 4.71. The molecule has 0 amide bonds. The van der Waals surface area contributed by atoms with E-state index in [1.165, 1.54) is 15.2 Å². The van der Waals surface area contributed by atoms with Gasteiger partial charge in [0.1, 0.15) is 5.75 Å². The van der Waals surface area contributed by atoms with Crippen molar-refractivity contribution < 1.29 is 5.11 Å². The van der Waals surface area contributed by atoms with E-state index in [2.05, 4.69) is 5.32 Å². The minimum Gasteiger partial charge on any atom is -0.506 e. The first-order chi connectivity index (χ1) is 9.11. The number of hydrogen-bond acceptors (Lipinski definition) is 4. The number of phenolic OH excluding ortho intramolecular Hbond substituents is 1. The lowest BCUT2D eigenvalue weighted by Crippen LogP contribution is -2.44. The van der Waals surface area contributed by atoms with Crippen LogP contribution in [-0.2, 0) is 7.05 Å². The lowest BCUT2D eigenvalue weighted by Gasteiger charge is -2.16. The summed E-state index contributed by atoms with van der Waals surface area (Å²) in [5, 5.41) is 13.3. The standard InChI is InChI=1S/C13H15N3O3/c1-15-11-8(4-2-5-9(11)17)12(18)16(13(15)19)10-6-3-7-14-10/h2,4-5,10,14,17H,3,6-7H2,1H3. The third kappa shape index (κ3) is 1.67. The number of fused-ring (bicyclic) bond motifs is 1. The molecule has 19 heavy (non-hydrogen) atoms. The molecule has 6 heteroatoms. The Morgan fingerprint density at radius 3 is 2.84 bits per heavy atom. The predicted octanol–water partition coefficient (Wildman–Crippen LogP) is 0.288. The molecule has 6 nitrogen and oxygen atoms in total. The SMILES string of the molecule is Cn1c(=O)n(C2CCCN2)c(=O)c2cccc(O)c21. The van der Waals surface area contributed by atoms with Gasteiger partial charge < -0.3 is 5.11 Å². The third-order valence-electron chi connectivity index (χ3n) is 3.64. The first kappa shape index (κ1) is 12.0. The van der Waals surface area contributed by atoms with E-state index in [-0.39, 0.29) is 23.0 Å². The molecular weight excluding hydrogens is 246 g/mol. The Bertz CT molecular complexity index is 754. The summed E-state index contributed by atoms with van der Waals surface area (Å²) in [7, 11) is 1.56. The molecular formula is C13H15N3O3. The molecule has 100 valence electrons. The third-order valence-corrected chi connectivity index (χ3v) is 3.64. The Hall–Kier alpha value is -2.08. The number of rotatable bonds is 1. The maximum Gasteiger partial charge on any atom is 0.332 e. The Labute approximate surface area is 108 Å². The fraction of sp³-hybridized carbons (Fsp3) is 0.385. The molecule has 0 saturated carbocycles. The van der Waals surface area contributed by atoms with Gasteiger partial charge >= 0.3 is 5.69 Å². The van der Waals surface area contributed by atoms with Crippen LogP contribution in [0.25, 0.3) is 10.9 Å². The van der Waals surface area contributed by atoms with E-state index in [9.17, 15) is 14.7 Å². The summed E-state index contributed by atoms with van der Waals surface area (Å²) >= 11 is 0. The fourth-order valence-corrected chi connectivity index (χ4v) is 2.69. The Morgan fingerprint density at radius 1 is 1.37 bits per heavy atom. The number of para-hydroxylation sites is 1. The molecule has 1 saturated heterocycles. The van der Waals surface area contributed by atoms with Crippen LogP contribution in [0.2, 0.25) is 0 Å². The highest BCUT2D eigenvalue weighted by molar-refractivity contribution is 5.83. The van der Waals surface area contributed by atoms with Crippen LogP contribution in [0.3, 0.4) is 0 Å². The lowest BCUT2D eigenvalue weighted by atomic mass is 10.2. The minimum absolute atomic E-state index is 0.0549. The number of nitrogens with zero attached hydrogens (tertiary/aromatic N) is 2. The zero-order chi connectivity index (χ0) is 13.6. The van der Waals surface area contributed by atoms with Gasteiger partial charge in [-0.2, -0.15) is 0 Å². The van der Waals surface area contributed by atoms with Gasteiger partial charge in [-0.25, -0.2) is 9.36 Å². The van der Waals surface area contributed by atoms with Crippen molar-refractivity contribution in [3.8, 4) is 5.75 Å². The quantitative estimate of drug-likeness (QED) is 0.773. The highest BCUT2D eigenvalue weighted by Crippen LogP contribution is 2.21. The van der Waals surface area contributed by atoms with E-state index in [0.717, 1.165) is 19.4 Å². The van der Waals surface area contributed by atoms with Crippen LogP contribution in [0.15, 0.2) is 27.8 Å². The van der Waals surface area contributed by atoms with Crippen LogP contribution < -0.4 is 16.6 Å². The molecule has 1 aromatic carbocycles. The first-order valence-corrected chi connectivity index (χ1v) is 6.28. The fourth-order valence-electron chi connectivity index (χ4n) is 2.69. The largest absolute Gasteiger partial charge is 0.506 e. The van der Waals surface area contributed by atoms with Crippen molar-refractivity contribution in [2.24, 2.45) is 7.05 Å². The van der Waals surface area contributed by atoms with Crippen molar-refractivity contribution >= 4 is 10.9 Å². The molecule has 1 aliphatic rings. The number of benzene rings is 1. The van der Waals surface area contributed by atoms with E-state index in [1.54, 1.807) is 19.2 Å². The van der Waals surface area contributed by atoms with Gasteiger partial charge in [0.15, 0.2) is 0 Å². The van der Waals surface area contributed by atoms with E-state index in [0.29, 0.717) is 5.39 Å². The van der Waals surface area contributed by atoms with Crippen molar-refractivity contribution in [2.45, 2.75) is 19.0 Å². The average Bonchev–Trinajstić information content (AvgIpc) is 2.90. The molecule has 0 radical (unpaired) electrons. The molecule has 2 N–H and O–H groups in total. The number of hydrogen-bond donors (Lipinski definition) is 2. The van der Waals surface area contributed by atoms with Crippen LogP contribution in [0.4, 0.5) is 0 Å². The number of aryl methyl sites for hydroxylation is 1. The molecule has 0 aliphatic carbocycles. The Balaban J connectivity index is 2.42. The molecule has 1 aromatic heterocycles. The molecule has 3 rings (SSSR count). The molecule has 2 heterocycles. The van der Waals surface area contributed by atoms with E-state index in [1.807, 2.05) is 0 Å². The van der Waals surface area contributed by atoms with E-state index < -0.39 is 5.69 Å². The van der Waals surface area contributed by atoms with Gasteiger partial charge in [-0.05, 0) is 31.5 Å². The minimum atomic E-state index is -0.404. The maximum absolute atomic E-state index is 12.4. The number of nitrogens with one attached hydrogen (secondary N) is 1. The summed E-state index contributed by atoms with van der Waals surface area (Å²) in [5.41, 5.74) is -0.474. The maximum atomic E-state index is 12.4. The smallest absolute Gasteiger partial charge is 0.332 e. The molecule has 1 atom stereocenters. The van der Waals surface area contributed by atoms with Gasteiger partial charge in [0.25, 0.3) is 5.56 Å². The normalized spacial score (nSPS) is 19.1. The van der Waals surface area contributed by atoms with Crippen LogP contribution in [0, 0.1) is 0 Å². The van der Waals surface area contributed by atoms with Gasteiger partial charge in [-0.3, -0.25) is 14.7 Å². The van der Waals surface area contributed by atoms with Gasteiger partial charge in [0.2, 0.25) is 0 Å². The number of phenols is 1. The van der Waals surface area contributed by atoms with Crippen LogP contribution >= 0.6 is 0 Å². The zero-order valence-electron chi connectivity index (χ0n) is 10.6. The number of aromatic hydroxyl groups is 1. The molecule has 1 aliphatic heterocycles. The molecule has 2 aromatic rings. The lowest BCUT2D eigenvalue weighted by molar-refractivity contribution is 0.427. The monoisotopic (exact) mass is 261 g/mol. The van der Waals surface area contributed by atoms with Crippen molar-refractivity contribution in [3.05, 3.63) is 39.0 Å². The molecule has 1 unspecified atom stereocenters. The van der Waals surface area contributed by atoms with Crippen molar-refractivity contribution in [3.63, 3.8) is 0 Å². The summed E-state index contributed by atoms with van der Waals surface area (Å²) in [6.07, 6.45) is 1.45. The summed E-state index contributed by atoms with van der Waals surface area (Å²) < 4.78 is 2.57. The van der Waals surface area contributed by atoms with E-state index in [4.69, 9.17) is 0 Å². The molecule has 0 spiro atoms. The van der Waals surface area contributed by atoms with Crippen molar-refractivity contribution in [2.75, 3.05) is 6.54 Å². The Kier molecular flexibility index (Phi) is 2.67. The topological polar surface area (TPSA) is 76.3 Å². The number of aromatic nitrogens is 2. The van der Waals surface area contributed by atoms with Gasteiger partial charge in [0, 0.05) is 7.05 Å². The average molecular weight is 261 g/mol. The first-order valence-electron chi connectivity index (χ1n) is 6.28. The second kappa shape index (κ2) is 4.24. The second-order valence-corrected chi connectivity index (χ2v) is 4.80. The highest BCUT2D eigenvalue weighted by Gasteiger charge is 2.22. The van der Waals surface area contributed by atoms with Crippen LogP contribution in [0.5, 0.6) is 5.75 Å². The van der Waals surface area contributed by atoms with Gasteiger partial charge in [-0.1, -0.05) is 6.07 Å². The second-order valence-electron chi connectivity index (χ2n) is 4.80. The summed E-state index contributed by atoms with van der Waals surface area (Å²) in [6.45, 7) is 0.804. The van der Waals surface area contributed by atoms with Crippen molar-refractivity contribution in [1.29, 1.82) is 0 Å². The zero-order valence-corrected chi connectivity index (χ0v) is 10.6.